The molecule has 168 valence electrons. The van der Waals surface area contributed by atoms with Crippen molar-refractivity contribution in [3.05, 3.63) is 88.3 Å². The van der Waals surface area contributed by atoms with Crippen molar-refractivity contribution in [2.24, 2.45) is 4.99 Å². The number of nitrogens with zero attached hydrogens (tertiary/aromatic N) is 1. The Morgan fingerprint density at radius 3 is 2.52 bits per heavy atom. The Kier molecular flexibility index (Phi) is 7.00. The maximum Gasteiger partial charge on any atom is 0.264 e. The number of thioether (sulfide) groups is 1. The van der Waals surface area contributed by atoms with E-state index in [0.29, 0.717) is 28.2 Å². The lowest BCUT2D eigenvalue weighted by atomic mass is 10.1. The van der Waals surface area contributed by atoms with Gasteiger partial charge in [-0.2, -0.15) is 0 Å². The van der Waals surface area contributed by atoms with Gasteiger partial charge in [0.15, 0.2) is 16.7 Å². The summed E-state index contributed by atoms with van der Waals surface area (Å²) in [6.45, 7) is 2.50. The second-order valence-corrected chi connectivity index (χ2v) is 8.40. The van der Waals surface area contributed by atoms with Crippen LogP contribution >= 0.6 is 11.8 Å². The minimum Gasteiger partial charge on any atom is -0.497 e. The van der Waals surface area contributed by atoms with Crippen molar-refractivity contribution in [3.8, 4) is 17.2 Å². The van der Waals surface area contributed by atoms with Crippen LogP contribution < -0.4 is 19.5 Å². The van der Waals surface area contributed by atoms with Gasteiger partial charge in [-0.25, -0.2) is 4.99 Å². The molecule has 6 nitrogen and oxygen atoms in total. The van der Waals surface area contributed by atoms with E-state index in [1.165, 1.54) is 17.3 Å². The number of carbonyl (C=O) groups is 1. The second kappa shape index (κ2) is 10.3. The SMILES string of the molecule is COc1ccc(N=C2NC(=O)/C(=C\c3ccc(OCc4cccc(C)c4)c(OC)c3)S2)cc1. The Hall–Kier alpha value is -3.71. The smallest absolute Gasteiger partial charge is 0.264 e. The van der Waals surface area contributed by atoms with Gasteiger partial charge in [-0.1, -0.05) is 35.9 Å². The van der Waals surface area contributed by atoms with Crippen molar-refractivity contribution < 1.29 is 19.0 Å². The van der Waals surface area contributed by atoms with Gasteiger partial charge >= 0.3 is 0 Å². The molecule has 1 fully saturated rings. The van der Waals surface area contributed by atoms with Crippen LogP contribution in [-0.2, 0) is 11.4 Å². The summed E-state index contributed by atoms with van der Waals surface area (Å²) >= 11 is 1.29. The molecular formula is C26H24N2O4S. The summed E-state index contributed by atoms with van der Waals surface area (Å²) in [6.07, 6.45) is 1.81. The molecule has 1 aliphatic rings. The topological polar surface area (TPSA) is 69.2 Å². The summed E-state index contributed by atoms with van der Waals surface area (Å²) in [5.74, 6) is 1.81. The average molecular weight is 461 g/mol. The van der Waals surface area contributed by atoms with Gasteiger partial charge in [0.1, 0.15) is 12.4 Å². The third-order valence-corrected chi connectivity index (χ3v) is 5.83. The van der Waals surface area contributed by atoms with E-state index in [1.807, 2.05) is 60.7 Å². The van der Waals surface area contributed by atoms with Crippen LogP contribution in [0.2, 0.25) is 0 Å². The Balaban J connectivity index is 1.47. The molecule has 33 heavy (non-hydrogen) atoms. The monoisotopic (exact) mass is 460 g/mol. The summed E-state index contributed by atoms with van der Waals surface area (Å²) in [4.78, 5) is 17.5. The number of ether oxygens (including phenoxy) is 3. The highest BCUT2D eigenvalue weighted by atomic mass is 32.2. The first-order chi connectivity index (χ1) is 16.0. The van der Waals surface area contributed by atoms with Crippen LogP contribution in [-0.4, -0.2) is 25.3 Å². The lowest BCUT2D eigenvalue weighted by Crippen LogP contribution is -2.19. The van der Waals surface area contributed by atoms with Crippen LogP contribution in [0.25, 0.3) is 6.08 Å². The maximum atomic E-state index is 12.4. The molecule has 1 heterocycles. The molecule has 0 radical (unpaired) electrons. The number of carbonyl (C=O) groups excluding carboxylic acids is 1. The highest BCUT2D eigenvalue weighted by Gasteiger charge is 2.24. The zero-order valence-corrected chi connectivity index (χ0v) is 19.4. The molecular weight excluding hydrogens is 436 g/mol. The second-order valence-electron chi connectivity index (χ2n) is 7.37. The molecule has 0 aromatic heterocycles. The Bertz CT molecular complexity index is 1220. The van der Waals surface area contributed by atoms with Gasteiger partial charge in [0.05, 0.1) is 24.8 Å². The van der Waals surface area contributed by atoms with E-state index in [1.54, 1.807) is 14.2 Å². The van der Waals surface area contributed by atoms with Crippen molar-refractivity contribution in [2.45, 2.75) is 13.5 Å². The van der Waals surface area contributed by atoms with Gasteiger partial charge in [0.25, 0.3) is 5.91 Å². The summed E-state index contributed by atoms with van der Waals surface area (Å²) in [5.41, 5.74) is 3.84. The average Bonchev–Trinajstić information content (AvgIpc) is 3.16. The van der Waals surface area contributed by atoms with Crippen molar-refractivity contribution >= 4 is 34.6 Å². The van der Waals surface area contributed by atoms with Gasteiger partial charge < -0.3 is 19.5 Å². The first kappa shape index (κ1) is 22.5. The fourth-order valence-corrected chi connectivity index (χ4v) is 4.10. The summed E-state index contributed by atoms with van der Waals surface area (Å²) in [5, 5.41) is 3.33. The minimum atomic E-state index is -0.189. The normalized spacial score (nSPS) is 15.5. The zero-order chi connectivity index (χ0) is 23.2. The number of aryl methyl sites for hydroxylation is 1. The molecule has 0 unspecified atom stereocenters. The molecule has 0 saturated carbocycles. The van der Waals surface area contributed by atoms with Crippen LogP contribution in [0, 0.1) is 6.92 Å². The third-order valence-electron chi connectivity index (χ3n) is 4.92. The van der Waals surface area contributed by atoms with Crippen molar-refractivity contribution in [1.82, 2.24) is 5.32 Å². The fraction of sp³-hybridized carbons (Fsp3) is 0.154. The number of amidine groups is 1. The number of benzene rings is 3. The van der Waals surface area contributed by atoms with E-state index in [2.05, 4.69) is 29.4 Å². The Morgan fingerprint density at radius 2 is 1.79 bits per heavy atom. The number of nitrogens with one attached hydrogen (secondary N) is 1. The van der Waals surface area contributed by atoms with Crippen molar-refractivity contribution in [2.75, 3.05) is 14.2 Å². The van der Waals surface area contributed by atoms with Crippen LogP contribution in [0.4, 0.5) is 5.69 Å². The fourth-order valence-electron chi connectivity index (χ4n) is 3.26. The highest BCUT2D eigenvalue weighted by molar-refractivity contribution is 8.18. The van der Waals surface area contributed by atoms with Crippen LogP contribution in [0.1, 0.15) is 16.7 Å². The van der Waals surface area contributed by atoms with E-state index < -0.39 is 0 Å². The molecule has 1 amide bonds. The first-order valence-corrected chi connectivity index (χ1v) is 11.2. The molecule has 1 aliphatic heterocycles. The highest BCUT2D eigenvalue weighted by Crippen LogP contribution is 2.33. The molecule has 3 aromatic carbocycles. The molecule has 0 atom stereocenters. The van der Waals surface area contributed by atoms with Gasteiger partial charge in [-0.15, -0.1) is 0 Å². The van der Waals surface area contributed by atoms with E-state index in [0.717, 1.165) is 22.6 Å². The Morgan fingerprint density at radius 1 is 0.970 bits per heavy atom. The number of amides is 1. The molecule has 0 bridgehead atoms. The summed E-state index contributed by atoms with van der Waals surface area (Å²) in [6, 6.07) is 21.1. The van der Waals surface area contributed by atoms with Crippen molar-refractivity contribution in [3.63, 3.8) is 0 Å². The van der Waals surface area contributed by atoms with Crippen LogP contribution in [0.15, 0.2) is 76.6 Å². The third kappa shape index (κ3) is 5.75. The number of aliphatic imine (C=N–C) groups is 1. The quantitative estimate of drug-likeness (QED) is 0.473. The molecule has 7 heteroatoms. The minimum absolute atomic E-state index is 0.189. The van der Waals surface area contributed by atoms with E-state index >= 15 is 0 Å². The predicted molar refractivity (Wildman–Crippen MR) is 132 cm³/mol. The number of hydrogen-bond donors (Lipinski definition) is 1. The van der Waals surface area contributed by atoms with Crippen LogP contribution in [0.5, 0.6) is 17.2 Å². The first-order valence-electron chi connectivity index (χ1n) is 10.3. The lowest BCUT2D eigenvalue weighted by molar-refractivity contribution is -0.115. The number of methoxy groups -OCH3 is 2. The molecule has 3 aromatic rings. The van der Waals surface area contributed by atoms with E-state index in [-0.39, 0.29) is 5.91 Å². The van der Waals surface area contributed by atoms with E-state index in [9.17, 15) is 4.79 Å². The van der Waals surface area contributed by atoms with Crippen LogP contribution in [0.3, 0.4) is 0 Å². The molecule has 4 rings (SSSR count). The Labute approximate surface area is 197 Å². The number of rotatable bonds is 7. The van der Waals surface area contributed by atoms with Gasteiger partial charge in [-0.3, -0.25) is 4.79 Å². The largest absolute Gasteiger partial charge is 0.497 e. The zero-order valence-electron chi connectivity index (χ0n) is 18.6. The maximum absolute atomic E-state index is 12.4. The van der Waals surface area contributed by atoms with Gasteiger partial charge in [0.2, 0.25) is 0 Å². The van der Waals surface area contributed by atoms with E-state index in [4.69, 9.17) is 14.2 Å². The lowest BCUT2D eigenvalue weighted by Gasteiger charge is -2.12. The number of hydrogen-bond acceptors (Lipinski definition) is 6. The molecule has 0 spiro atoms. The molecule has 1 N–H and O–H groups in total. The predicted octanol–water partition coefficient (Wildman–Crippen LogP) is 5.48. The molecule has 0 aliphatic carbocycles. The standard InChI is InChI=1S/C26H24N2O4S/c1-17-5-4-6-19(13-17)16-32-22-12-7-18(14-23(22)31-3)15-24-25(29)28-26(33-24)27-20-8-10-21(30-2)11-9-20/h4-15H,16H2,1-3H3,(H,27,28,29)/b24-15+. The molecule has 1 saturated heterocycles. The van der Waals surface area contributed by atoms with Gasteiger partial charge in [0, 0.05) is 0 Å². The summed E-state index contributed by atoms with van der Waals surface area (Å²) in [7, 11) is 3.21. The van der Waals surface area contributed by atoms with Gasteiger partial charge in [-0.05, 0) is 72.3 Å². The van der Waals surface area contributed by atoms with Crippen molar-refractivity contribution in [1.29, 1.82) is 0 Å². The summed E-state index contributed by atoms with van der Waals surface area (Å²) < 4.78 is 16.6.